The van der Waals surface area contributed by atoms with Crippen LogP contribution < -0.4 is 10.4 Å². The van der Waals surface area contributed by atoms with Crippen LogP contribution in [-0.2, 0) is 20.7 Å². The zero-order valence-electron chi connectivity index (χ0n) is 15.2. The van der Waals surface area contributed by atoms with E-state index in [0.29, 0.717) is 5.56 Å². The first-order valence-electron chi connectivity index (χ1n) is 7.63. The van der Waals surface area contributed by atoms with Gasteiger partial charge in [0, 0.05) is 12.7 Å². The molecular formula is C16H22BF3NO4-. The van der Waals surface area contributed by atoms with E-state index < -0.39 is 30.1 Å². The van der Waals surface area contributed by atoms with Crippen molar-refractivity contribution in [2.75, 3.05) is 19.1 Å². The Labute approximate surface area is 145 Å². The van der Waals surface area contributed by atoms with Gasteiger partial charge in [-0.3, -0.25) is 9.69 Å². The third kappa shape index (κ3) is 5.69. The Balaban J connectivity index is 3.39. The van der Waals surface area contributed by atoms with Crippen LogP contribution in [-0.4, -0.2) is 38.8 Å². The smallest absolute Gasteiger partial charge is 0.469 e. The van der Waals surface area contributed by atoms with Gasteiger partial charge in [0.1, 0.15) is 5.60 Å². The Kier molecular flexibility index (Phi) is 6.15. The lowest BCUT2D eigenvalue weighted by atomic mass is 9.77. The molecule has 0 heterocycles. The molecule has 0 aliphatic carbocycles. The standard InChI is InChI=1S/C16H22BF3NO4/c1-10-11(8-14(22)24-6)7-12(17(18,19)20)9-13(10)21(5)15(23)25-16(2,3)4/h7,9H,8H2,1-6H3/q-1. The van der Waals surface area contributed by atoms with Crippen molar-refractivity contribution in [2.24, 2.45) is 0 Å². The molecular weight excluding hydrogens is 338 g/mol. The van der Waals surface area contributed by atoms with E-state index in [1.165, 1.54) is 7.05 Å². The number of hydrogen-bond donors (Lipinski definition) is 0. The highest BCUT2D eigenvalue weighted by Crippen LogP contribution is 2.26. The van der Waals surface area contributed by atoms with E-state index in [9.17, 15) is 22.5 Å². The fourth-order valence-electron chi connectivity index (χ4n) is 2.16. The molecule has 0 atom stereocenters. The number of nitrogens with zero attached hydrogens (tertiary/aromatic N) is 1. The van der Waals surface area contributed by atoms with Gasteiger partial charge >= 0.3 is 19.0 Å². The van der Waals surface area contributed by atoms with Crippen LogP contribution in [0.5, 0.6) is 0 Å². The predicted octanol–water partition coefficient (Wildman–Crippen LogP) is 3.14. The molecule has 0 spiro atoms. The summed E-state index contributed by atoms with van der Waals surface area (Å²) in [5.74, 6) is -0.666. The second kappa shape index (κ2) is 7.37. The van der Waals surface area contributed by atoms with Gasteiger partial charge < -0.3 is 22.4 Å². The SMILES string of the molecule is COC(=O)Cc1cc([B-](F)(F)F)cc(N(C)C(=O)OC(C)(C)C)c1C. The molecule has 0 bridgehead atoms. The van der Waals surface area contributed by atoms with E-state index in [4.69, 9.17) is 4.74 Å². The van der Waals surface area contributed by atoms with Gasteiger partial charge in [-0.05, 0) is 38.8 Å². The summed E-state index contributed by atoms with van der Waals surface area (Å²) >= 11 is 0. The topological polar surface area (TPSA) is 55.8 Å². The maximum absolute atomic E-state index is 13.2. The Morgan fingerprint density at radius 3 is 2.20 bits per heavy atom. The quantitative estimate of drug-likeness (QED) is 0.612. The number of amides is 1. The van der Waals surface area contributed by atoms with Crippen molar-refractivity contribution in [2.45, 2.75) is 39.7 Å². The minimum absolute atomic E-state index is 0.0323. The third-order valence-corrected chi connectivity index (χ3v) is 3.48. The molecule has 0 aliphatic rings. The molecule has 0 fully saturated rings. The number of hydrogen-bond acceptors (Lipinski definition) is 4. The third-order valence-electron chi connectivity index (χ3n) is 3.48. The number of rotatable bonds is 4. The minimum atomic E-state index is -5.30. The molecule has 5 nitrogen and oxygen atoms in total. The number of anilines is 1. The molecule has 0 N–H and O–H groups in total. The van der Waals surface area contributed by atoms with Crippen LogP contribution in [0.15, 0.2) is 12.1 Å². The van der Waals surface area contributed by atoms with Crippen LogP contribution in [0, 0.1) is 6.92 Å². The summed E-state index contributed by atoms with van der Waals surface area (Å²) in [7, 11) is 2.48. The molecule has 1 amide bonds. The van der Waals surface area contributed by atoms with Gasteiger partial charge in [0.15, 0.2) is 0 Å². The average molecular weight is 360 g/mol. The average Bonchev–Trinajstić information content (AvgIpc) is 2.45. The molecule has 1 rings (SSSR count). The summed E-state index contributed by atoms with van der Waals surface area (Å²) in [6.07, 6.45) is -1.11. The number of carbonyl (C=O) groups is 2. The number of esters is 1. The Morgan fingerprint density at radius 2 is 1.76 bits per heavy atom. The molecule has 140 valence electrons. The van der Waals surface area contributed by atoms with E-state index in [1.807, 2.05) is 0 Å². The lowest BCUT2D eigenvalue weighted by Gasteiger charge is -2.28. The fourth-order valence-corrected chi connectivity index (χ4v) is 2.16. The largest absolute Gasteiger partial charge is 0.509 e. The van der Waals surface area contributed by atoms with E-state index in [1.54, 1.807) is 27.7 Å². The first kappa shape index (κ1) is 20.9. The molecule has 0 aromatic heterocycles. The Bertz CT molecular complexity index is 669. The van der Waals surface area contributed by atoms with Gasteiger partial charge in [-0.1, -0.05) is 12.1 Å². The molecule has 1 aromatic carbocycles. The van der Waals surface area contributed by atoms with Crippen LogP contribution >= 0.6 is 0 Å². The van der Waals surface area contributed by atoms with Crippen molar-refractivity contribution in [3.63, 3.8) is 0 Å². The van der Waals surface area contributed by atoms with Gasteiger partial charge in [0.25, 0.3) is 0 Å². The molecule has 1 aromatic rings. The maximum Gasteiger partial charge on any atom is 0.509 e. The number of methoxy groups -OCH3 is 1. The monoisotopic (exact) mass is 360 g/mol. The Morgan fingerprint density at radius 1 is 1.20 bits per heavy atom. The van der Waals surface area contributed by atoms with Gasteiger partial charge in [-0.2, -0.15) is 0 Å². The van der Waals surface area contributed by atoms with Crippen molar-refractivity contribution in [3.05, 3.63) is 23.3 Å². The van der Waals surface area contributed by atoms with Crippen LogP contribution in [0.4, 0.5) is 23.4 Å². The molecule has 0 saturated heterocycles. The molecule has 9 heteroatoms. The molecule has 0 unspecified atom stereocenters. The zero-order chi connectivity index (χ0) is 19.6. The van der Waals surface area contributed by atoms with E-state index >= 15 is 0 Å². The van der Waals surface area contributed by atoms with Crippen molar-refractivity contribution in [1.82, 2.24) is 0 Å². The lowest BCUT2D eigenvalue weighted by Crippen LogP contribution is -2.38. The molecule has 0 radical (unpaired) electrons. The van der Waals surface area contributed by atoms with Crippen LogP contribution in [0.25, 0.3) is 0 Å². The summed E-state index contributed by atoms with van der Waals surface area (Å²) in [4.78, 5) is 24.7. The zero-order valence-corrected chi connectivity index (χ0v) is 15.2. The van der Waals surface area contributed by atoms with Crippen molar-refractivity contribution in [1.29, 1.82) is 0 Å². The van der Waals surface area contributed by atoms with Gasteiger partial charge in [0.2, 0.25) is 0 Å². The summed E-state index contributed by atoms with van der Waals surface area (Å²) < 4.78 is 49.5. The summed E-state index contributed by atoms with van der Waals surface area (Å²) in [5.41, 5.74) is -1.13. The van der Waals surface area contributed by atoms with Gasteiger partial charge in [0.05, 0.1) is 13.5 Å². The molecule has 0 aliphatic heterocycles. The second-order valence-corrected chi connectivity index (χ2v) is 6.69. The highest BCUT2D eigenvalue weighted by molar-refractivity contribution is 6.73. The minimum Gasteiger partial charge on any atom is -0.469 e. The molecule has 25 heavy (non-hydrogen) atoms. The van der Waals surface area contributed by atoms with Crippen LogP contribution in [0.3, 0.4) is 0 Å². The van der Waals surface area contributed by atoms with Crippen LogP contribution in [0.1, 0.15) is 31.9 Å². The van der Waals surface area contributed by atoms with Gasteiger partial charge in [-0.15, -0.1) is 5.46 Å². The Hall–Kier alpha value is -2.19. The number of carbonyl (C=O) groups excluding carboxylic acids is 2. The molecule has 0 saturated carbocycles. The van der Waals surface area contributed by atoms with E-state index in [-0.39, 0.29) is 17.7 Å². The highest BCUT2D eigenvalue weighted by atomic mass is 19.4. The first-order valence-corrected chi connectivity index (χ1v) is 7.63. The van der Waals surface area contributed by atoms with Crippen molar-refractivity contribution >= 4 is 30.2 Å². The fraction of sp³-hybridized carbons (Fsp3) is 0.500. The first-order chi connectivity index (χ1) is 11.3. The highest BCUT2D eigenvalue weighted by Gasteiger charge is 2.29. The lowest BCUT2D eigenvalue weighted by molar-refractivity contribution is -0.139. The maximum atomic E-state index is 13.2. The van der Waals surface area contributed by atoms with E-state index in [0.717, 1.165) is 24.1 Å². The summed E-state index contributed by atoms with van der Waals surface area (Å²) in [5, 5.41) is 0. The van der Waals surface area contributed by atoms with Crippen molar-refractivity contribution in [3.8, 4) is 0 Å². The number of halogens is 3. The normalized spacial score (nSPS) is 11.9. The van der Waals surface area contributed by atoms with E-state index in [2.05, 4.69) is 4.74 Å². The van der Waals surface area contributed by atoms with Crippen molar-refractivity contribution < 1.29 is 32.0 Å². The van der Waals surface area contributed by atoms with Crippen LogP contribution in [0.2, 0.25) is 0 Å². The van der Waals surface area contributed by atoms with Gasteiger partial charge in [-0.25, -0.2) is 4.79 Å². The second-order valence-electron chi connectivity index (χ2n) is 6.69. The number of benzene rings is 1. The number of ether oxygens (including phenoxy) is 2. The summed E-state index contributed by atoms with van der Waals surface area (Å²) in [6, 6.07) is 1.80. The predicted molar refractivity (Wildman–Crippen MR) is 90.2 cm³/mol. The summed E-state index contributed by atoms with van der Waals surface area (Å²) in [6.45, 7) is 1.21.